The molecule has 0 aliphatic carbocycles. The smallest absolute Gasteiger partial charge is 0.267 e. The lowest BCUT2D eigenvalue weighted by molar-refractivity contribution is 0.0342. The number of hydrogen-bond donors (Lipinski definition) is 1. The molecule has 1 fully saturated rings. The third kappa shape index (κ3) is 4.39. The van der Waals surface area contributed by atoms with Crippen molar-refractivity contribution in [2.24, 2.45) is 0 Å². The summed E-state index contributed by atoms with van der Waals surface area (Å²) < 4.78 is 5.41. The van der Waals surface area contributed by atoms with Crippen LogP contribution in [-0.2, 0) is 11.3 Å². The van der Waals surface area contributed by atoms with E-state index in [4.69, 9.17) is 4.74 Å². The number of aromatic nitrogens is 2. The molecule has 1 N–H and O–H groups in total. The molecule has 1 saturated heterocycles. The van der Waals surface area contributed by atoms with E-state index >= 15 is 0 Å². The van der Waals surface area contributed by atoms with Gasteiger partial charge in [0.1, 0.15) is 9.88 Å². The number of para-hydroxylation sites is 1. The first-order valence-electron chi connectivity index (χ1n) is 8.85. The summed E-state index contributed by atoms with van der Waals surface area (Å²) in [5, 5.41) is 3.85. The number of carbonyl (C=O) groups is 1. The van der Waals surface area contributed by atoms with Gasteiger partial charge in [0.25, 0.3) is 5.91 Å². The van der Waals surface area contributed by atoms with Crippen LogP contribution in [0, 0.1) is 0 Å². The Morgan fingerprint density at radius 1 is 1.15 bits per heavy atom. The fraction of sp³-hybridized carbons (Fsp3) is 0.250. The van der Waals surface area contributed by atoms with Gasteiger partial charge >= 0.3 is 0 Å². The first-order valence-corrected chi connectivity index (χ1v) is 9.67. The zero-order valence-electron chi connectivity index (χ0n) is 14.8. The number of rotatable bonds is 5. The van der Waals surface area contributed by atoms with Crippen LogP contribution in [0.15, 0.2) is 55.0 Å². The van der Waals surface area contributed by atoms with Gasteiger partial charge in [0.05, 0.1) is 19.4 Å². The molecule has 2 aromatic heterocycles. The molecule has 1 aliphatic rings. The first-order chi connectivity index (χ1) is 13.3. The van der Waals surface area contributed by atoms with Crippen LogP contribution in [0.25, 0.3) is 10.6 Å². The number of carbonyl (C=O) groups excluding carboxylic acids is 1. The van der Waals surface area contributed by atoms with E-state index < -0.39 is 0 Å². The van der Waals surface area contributed by atoms with Crippen molar-refractivity contribution in [3.05, 3.63) is 65.4 Å². The number of pyridine rings is 1. The van der Waals surface area contributed by atoms with Gasteiger partial charge in [-0.3, -0.25) is 14.7 Å². The lowest BCUT2D eigenvalue weighted by Gasteiger charge is -2.27. The molecule has 0 bridgehead atoms. The monoisotopic (exact) mass is 380 g/mol. The van der Waals surface area contributed by atoms with Crippen LogP contribution in [0.5, 0.6) is 0 Å². The van der Waals surface area contributed by atoms with Crippen molar-refractivity contribution < 1.29 is 9.53 Å². The minimum Gasteiger partial charge on any atom is -0.379 e. The highest BCUT2D eigenvalue weighted by molar-refractivity contribution is 7.17. The summed E-state index contributed by atoms with van der Waals surface area (Å²) in [4.78, 5) is 24.0. The molecule has 27 heavy (non-hydrogen) atoms. The van der Waals surface area contributed by atoms with E-state index in [2.05, 4.69) is 26.3 Å². The Morgan fingerprint density at radius 3 is 2.74 bits per heavy atom. The molecule has 0 spiro atoms. The summed E-state index contributed by atoms with van der Waals surface area (Å²) in [7, 11) is 0. The fourth-order valence-corrected chi connectivity index (χ4v) is 3.79. The van der Waals surface area contributed by atoms with Gasteiger partial charge in [-0.1, -0.05) is 18.2 Å². The highest BCUT2D eigenvalue weighted by Crippen LogP contribution is 2.26. The molecule has 138 valence electrons. The number of benzene rings is 1. The lowest BCUT2D eigenvalue weighted by atomic mass is 10.1. The normalized spacial score (nSPS) is 14.8. The van der Waals surface area contributed by atoms with Crippen LogP contribution in [-0.4, -0.2) is 47.1 Å². The SMILES string of the molecule is O=C(Nc1ccccc1CN1CCOCC1)c1cnc(-c2ccncc2)s1. The van der Waals surface area contributed by atoms with Crippen LogP contribution < -0.4 is 5.32 Å². The second-order valence-electron chi connectivity index (χ2n) is 6.27. The van der Waals surface area contributed by atoms with Gasteiger partial charge in [-0.05, 0) is 23.8 Å². The minimum atomic E-state index is -0.137. The average molecular weight is 380 g/mol. The highest BCUT2D eigenvalue weighted by atomic mass is 32.1. The molecule has 7 heteroatoms. The van der Waals surface area contributed by atoms with Crippen LogP contribution >= 0.6 is 11.3 Å². The Balaban J connectivity index is 1.48. The van der Waals surface area contributed by atoms with Crippen molar-refractivity contribution in [1.82, 2.24) is 14.9 Å². The molecule has 3 aromatic rings. The van der Waals surface area contributed by atoms with Crippen molar-refractivity contribution in [3.63, 3.8) is 0 Å². The number of nitrogens with zero attached hydrogens (tertiary/aromatic N) is 3. The Kier molecular flexibility index (Phi) is 5.53. The van der Waals surface area contributed by atoms with Crippen LogP contribution in [0.3, 0.4) is 0 Å². The third-order valence-electron chi connectivity index (χ3n) is 4.42. The number of nitrogens with one attached hydrogen (secondary N) is 1. The van der Waals surface area contributed by atoms with E-state index in [1.165, 1.54) is 11.3 Å². The molecule has 4 rings (SSSR count). The summed E-state index contributed by atoms with van der Waals surface area (Å²) in [6.07, 6.45) is 5.07. The summed E-state index contributed by atoms with van der Waals surface area (Å²) in [6.45, 7) is 4.13. The maximum absolute atomic E-state index is 12.7. The van der Waals surface area contributed by atoms with E-state index in [0.717, 1.165) is 54.7 Å². The van der Waals surface area contributed by atoms with Gasteiger partial charge < -0.3 is 10.1 Å². The van der Waals surface area contributed by atoms with Crippen molar-refractivity contribution >= 4 is 22.9 Å². The Hall–Kier alpha value is -2.61. The van der Waals surface area contributed by atoms with Gasteiger partial charge in [-0.25, -0.2) is 4.98 Å². The second kappa shape index (κ2) is 8.39. The van der Waals surface area contributed by atoms with Crippen LogP contribution in [0.2, 0.25) is 0 Å². The van der Waals surface area contributed by atoms with Crippen molar-refractivity contribution in [2.45, 2.75) is 6.54 Å². The number of anilines is 1. The van der Waals surface area contributed by atoms with Gasteiger partial charge in [-0.2, -0.15) is 0 Å². The third-order valence-corrected chi connectivity index (χ3v) is 5.47. The van der Waals surface area contributed by atoms with Crippen molar-refractivity contribution in [3.8, 4) is 10.6 Å². The van der Waals surface area contributed by atoms with Crippen LogP contribution in [0.4, 0.5) is 5.69 Å². The van der Waals surface area contributed by atoms with Crippen molar-refractivity contribution in [2.75, 3.05) is 31.6 Å². The Bertz CT molecular complexity index is 907. The molecule has 1 aliphatic heterocycles. The Morgan fingerprint density at radius 2 is 1.93 bits per heavy atom. The molecule has 0 saturated carbocycles. The summed E-state index contributed by atoms with van der Waals surface area (Å²) in [5.41, 5.74) is 2.90. The van der Waals surface area contributed by atoms with Gasteiger partial charge in [-0.15, -0.1) is 11.3 Å². The minimum absolute atomic E-state index is 0.137. The molecule has 6 nitrogen and oxygen atoms in total. The lowest BCUT2D eigenvalue weighted by Crippen LogP contribution is -2.35. The predicted molar refractivity (Wildman–Crippen MR) is 106 cm³/mol. The molecular weight excluding hydrogens is 360 g/mol. The zero-order chi connectivity index (χ0) is 18.5. The topological polar surface area (TPSA) is 67.4 Å². The zero-order valence-corrected chi connectivity index (χ0v) is 15.6. The molecule has 1 aromatic carbocycles. The maximum Gasteiger partial charge on any atom is 0.267 e. The molecule has 0 unspecified atom stereocenters. The quantitative estimate of drug-likeness (QED) is 0.736. The number of morpholine rings is 1. The summed E-state index contributed by atoms with van der Waals surface area (Å²) in [5.74, 6) is -0.137. The summed E-state index contributed by atoms with van der Waals surface area (Å²) in [6, 6.07) is 11.7. The number of ether oxygens (including phenoxy) is 1. The molecule has 0 atom stereocenters. The van der Waals surface area contributed by atoms with E-state index in [-0.39, 0.29) is 5.91 Å². The highest BCUT2D eigenvalue weighted by Gasteiger charge is 2.16. The molecular formula is C20H20N4O2S. The largest absolute Gasteiger partial charge is 0.379 e. The first kappa shape index (κ1) is 17.8. The Labute approximate surface area is 161 Å². The average Bonchev–Trinajstić information content (AvgIpc) is 3.21. The van der Waals surface area contributed by atoms with Crippen LogP contribution in [0.1, 0.15) is 15.2 Å². The van der Waals surface area contributed by atoms with E-state index in [0.29, 0.717) is 4.88 Å². The van der Waals surface area contributed by atoms with E-state index in [1.807, 2.05) is 30.3 Å². The second-order valence-corrected chi connectivity index (χ2v) is 7.30. The molecule has 3 heterocycles. The van der Waals surface area contributed by atoms with E-state index in [1.54, 1.807) is 18.6 Å². The van der Waals surface area contributed by atoms with Gasteiger partial charge in [0, 0.05) is 43.3 Å². The number of amides is 1. The van der Waals surface area contributed by atoms with Crippen molar-refractivity contribution in [1.29, 1.82) is 0 Å². The molecule has 1 amide bonds. The maximum atomic E-state index is 12.7. The fourth-order valence-electron chi connectivity index (χ4n) is 2.97. The number of thiazole rings is 1. The standard InChI is InChI=1S/C20H20N4O2S/c25-19(18-13-22-20(27-18)15-5-7-21-8-6-15)23-17-4-2-1-3-16(17)14-24-9-11-26-12-10-24/h1-8,13H,9-12,14H2,(H,23,25). The van der Waals surface area contributed by atoms with Gasteiger partial charge in [0.15, 0.2) is 0 Å². The summed E-state index contributed by atoms with van der Waals surface area (Å²) >= 11 is 1.38. The number of hydrogen-bond acceptors (Lipinski definition) is 6. The predicted octanol–water partition coefficient (Wildman–Crippen LogP) is 3.29. The van der Waals surface area contributed by atoms with Gasteiger partial charge in [0.2, 0.25) is 0 Å². The van der Waals surface area contributed by atoms with E-state index in [9.17, 15) is 4.79 Å². The molecule has 0 radical (unpaired) electrons.